The van der Waals surface area contributed by atoms with Crippen LogP contribution in [0, 0.1) is 10.1 Å². The number of rotatable bonds is 4. The molecule has 1 aliphatic rings. The maximum absolute atomic E-state index is 11.0. The molecule has 134 valence electrons. The molecule has 0 amide bonds. The van der Waals surface area contributed by atoms with Crippen LogP contribution in [0.3, 0.4) is 0 Å². The minimum Gasteiger partial charge on any atom is -0.411 e. The summed E-state index contributed by atoms with van der Waals surface area (Å²) in [5.41, 5.74) is 2.41. The van der Waals surface area contributed by atoms with Gasteiger partial charge < -0.3 is 19.1 Å². The summed E-state index contributed by atoms with van der Waals surface area (Å²) < 4.78 is 8.54. The van der Waals surface area contributed by atoms with Gasteiger partial charge in [-0.15, -0.1) is 0 Å². The zero-order valence-corrected chi connectivity index (χ0v) is 16.4. The minimum absolute atomic E-state index is 0.0351. The molecule has 2 atom stereocenters. The Hall–Kier alpha value is -1.99. The third-order valence-corrected chi connectivity index (χ3v) is 10.00. The Bertz CT molecular complexity index is 795. The number of hydrogen-bond donors (Lipinski definition) is 0. The van der Waals surface area contributed by atoms with Gasteiger partial charge in [0.2, 0.25) is 6.33 Å². The molecule has 1 heterocycles. The van der Waals surface area contributed by atoms with Crippen LogP contribution in [0.25, 0.3) is 0 Å². The molecule has 0 saturated carbocycles. The van der Waals surface area contributed by atoms with Gasteiger partial charge in [-0.1, -0.05) is 45.0 Å². The van der Waals surface area contributed by atoms with Crippen LogP contribution in [-0.2, 0) is 10.8 Å². The molecule has 1 aromatic heterocycles. The van der Waals surface area contributed by atoms with E-state index in [9.17, 15) is 10.1 Å². The summed E-state index contributed by atoms with van der Waals surface area (Å²) in [6.45, 7) is 11.1. The quantitative estimate of drug-likeness (QED) is 0.463. The SMILES string of the molecule is CC(C)(C)[Si](C)(C)O[C@@H]1Cc2ccccc2[C@@H]1n1cnc([N+](=O)[O-])c1. The molecule has 0 fully saturated rings. The van der Waals surface area contributed by atoms with E-state index >= 15 is 0 Å². The molecule has 2 aromatic rings. The van der Waals surface area contributed by atoms with Crippen molar-refractivity contribution in [2.24, 2.45) is 0 Å². The van der Waals surface area contributed by atoms with Gasteiger partial charge in [0.25, 0.3) is 0 Å². The molecular formula is C18H25N3O3Si. The number of fused-ring (bicyclic) bond motifs is 1. The summed E-state index contributed by atoms with van der Waals surface area (Å²) >= 11 is 0. The van der Waals surface area contributed by atoms with Crippen molar-refractivity contribution in [3.8, 4) is 0 Å². The van der Waals surface area contributed by atoms with Crippen LogP contribution in [0.5, 0.6) is 0 Å². The number of nitro groups is 1. The van der Waals surface area contributed by atoms with Crippen molar-refractivity contribution in [1.29, 1.82) is 0 Å². The molecule has 0 unspecified atom stereocenters. The molecule has 7 heteroatoms. The van der Waals surface area contributed by atoms with Gasteiger partial charge in [0.15, 0.2) is 8.32 Å². The Kier molecular flexibility index (Phi) is 4.32. The van der Waals surface area contributed by atoms with Crippen LogP contribution in [-0.4, -0.2) is 28.9 Å². The van der Waals surface area contributed by atoms with Gasteiger partial charge in [-0.2, -0.15) is 0 Å². The van der Waals surface area contributed by atoms with Crippen LogP contribution in [0.15, 0.2) is 36.8 Å². The van der Waals surface area contributed by atoms with Gasteiger partial charge in [0.1, 0.15) is 6.20 Å². The Labute approximate surface area is 149 Å². The average Bonchev–Trinajstić information content (AvgIpc) is 3.09. The molecule has 0 spiro atoms. The van der Waals surface area contributed by atoms with Crippen LogP contribution >= 0.6 is 0 Å². The Morgan fingerprint density at radius 2 is 2.00 bits per heavy atom. The van der Waals surface area contributed by atoms with E-state index in [0.29, 0.717) is 0 Å². The molecule has 6 nitrogen and oxygen atoms in total. The van der Waals surface area contributed by atoms with E-state index in [1.165, 1.54) is 17.3 Å². The molecule has 0 bridgehead atoms. The van der Waals surface area contributed by atoms with Crippen LogP contribution in [0.2, 0.25) is 18.1 Å². The van der Waals surface area contributed by atoms with Gasteiger partial charge in [-0.05, 0) is 39.2 Å². The highest BCUT2D eigenvalue weighted by atomic mass is 28.4. The highest BCUT2D eigenvalue weighted by Gasteiger charge is 2.44. The molecular weight excluding hydrogens is 334 g/mol. The van der Waals surface area contributed by atoms with E-state index in [0.717, 1.165) is 6.42 Å². The average molecular weight is 360 g/mol. The fourth-order valence-electron chi connectivity index (χ4n) is 3.12. The van der Waals surface area contributed by atoms with E-state index in [1.807, 2.05) is 16.7 Å². The maximum atomic E-state index is 11.0. The normalized spacial score (nSPS) is 20.5. The van der Waals surface area contributed by atoms with Crippen molar-refractivity contribution in [3.05, 3.63) is 58.0 Å². The third kappa shape index (κ3) is 3.26. The van der Waals surface area contributed by atoms with Crippen molar-refractivity contribution in [3.63, 3.8) is 0 Å². The summed E-state index contributed by atoms with van der Waals surface area (Å²) in [6.07, 6.45) is 3.84. The predicted molar refractivity (Wildman–Crippen MR) is 99.2 cm³/mol. The van der Waals surface area contributed by atoms with Crippen molar-refractivity contribution in [2.75, 3.05) is 0 Å². The second-order valence-electron chi connectivity index (χ2n) is 8.20. The summed E-state index contributed by atoms with van der Waals surface area (Å²) in [4.78, 5) is 14.5. The van der Waals surface area contributed by atoms with E-state index in [-0.39, 0.29) is 23.0 Å². The lowest BCUT2D eigenvalue weighted by molar-refractivity contribution is -0.389. The standard InChI is InChI=1S/C18H25N3O3Si/c1-18(2,3)25(4,5)24-15-10-13-8-6-7-9-14(13)17(15)20-11-16(19-12-20)21(22)23/h6-9,11-12,15,17H,10H2,1-5H3/t15-,17+/m1/s1. The summed E-state index contributed by atoms with van der Waals surface area (Å²) in [5, 5.41) is 11.1. The Morgan fingerprint density at radius 3 is 2.60 bits per heavy atom. The van der Waals surface area contributed by atoms with E-state index < -0.39 is 13.2 Å². The third-order valence-electron chi connectivity index (χ3n) is 5.50. The lowest BCUT2D eigenvalue weighted by Crippen LogP contribution is -2.45. The second kappa shape index (κ2) is 6.07. The topological polar surface area (TPSA) is 70.2 Å². The molecule has 0 N–H and O–H groups in total. The predicted octanol–water partition coefficient (Wildman–Crippen LogP) is 4.33. The second-order valence-corrected chi connectivity index (χ2v) is 13.0. The first-order chi connectivity index (χ1) is 11.6. The first-order valence-corrected chi connectivity index (χ1v) is 11.4. The Balaban J connectivity index is 1.99. The smallest absolute Gasteiger partial charge is 0.381 e. The van der Waals surface area contributed by atoms with E-state index in [4.69, 9.17) is 4.43 Å². The molecule has 0 saturated heterocycles. The van der Waals surface area contributed by atoms with Gasteiger partial charge >= 0.3 is 5.82 Å². The van der Waals surface area contributed by atoms with E-state index in [2.05, 4.69) is 51.0 Å². The lowest BCUT2D eigenvalue weighted by Gasteiger charge is -2.40. The molecule has 1 aromatic carbocycles. The fourth-order valence-corrected chi connectivity index (χ4v) is 4.45. The highest BCUT2D eigenvalue weighted by Crippen LogP contribution is 2.43. The zero-order valence-electron chi connectivity index (χ0n) is 15.4. The molecule has 0 aliphatic heterocycles. The number of nitrogens with zero attached hydrogens (tertiary/aromatic N) is 3. The first kappa shape index (κ1) is 17.8. The van der Waals surface area contributed by atoms with Gasteiger partial charge in [0.05, 0.1) is 12.1 Å². The molecule has 1 aliphatic carbocycles. The number of imidazole rings is 1. The van der Waals surface area contributed by atoms with E-state index in [1.54, 1.807) is 6.33 Å². The van der Waals surface area contributed by atoms with Crippen LogP contribution in [0.4, 0.5) is 5.82 Å². The maximum Gasteiger partial charge on any atom is 0.381 e. The largest absolute Gasteiger partial charge is 0.411 e. The highest BCUT2D eigenvalue weighted by molar-refractivity contribution is 6.74. The molecule has 0 radical (unpaired) electrons. The summed E-state index contributed by atoms with van der Waals surface area (Å²) in [6, 6.07) is 8.16. The zero-order chi connectivity index (χ0) is 18.4. The van der Waals surface area contributed by atoms with Gasteiger partial charge in [0, 0.05) is 6.42 Å². The summed E-state index contributed by atoms with van der Waals surface area (Å²) in [5.74, 6) is -0.129. The van der Waals surface area contributed by atoms with Gasteiger partial charge in [-0.3, -0.25) is 0 Å². The van der Waals surface area contributed by atoms with Crippen molar-refractivity contribution in [2.45, 2.75) is 57.5 Å². The first-order valence-electron chi connectivity index (χ1n) is 8.53. The molecule has 25 heavy (non-hydrogen) atoms. The van der Waals surface area contributed by atoms with Crippen molar-refractivity contribution < 1.29 is 9.35 Å². The fraction of sp³-hybridized carbons (Fsp3) is 0.500. The summed E-state index contributed by atoms with van der Waals surface area (Å²) in [7, 11) is -1.97. The van der Waals surface area contributed by atoms with Crippen molar-refractivity contribution in [1.82, 2.24) is 9.55 Å². The van der Waals surface area contributed by atoms with Gasteiger partial charge in [-0.25, -0.2) is 0 Å². The monoisotopic (exact) mass is 359 g/mol. The lowest BCUT2D eigenvalue weighted by atomic mass is 10.1. The number of hydrogen-bond acceptors (Lipinski definition) is 4. The van der Waals surface area contributed by atoms with Crippen LogP contribution in [0.1, 0.15) is 37.9 Å². The molecule has 3 rings (SSSR count). The van der Waals surface area contributed by atoms with Crippen molar-refractivity contribution >= 4 is 14.1 Å². The number of benzene rings is 1. The minimum atomic E-state index is -1.97. The Morgan fingerprint density at radius 1 is 1.32 bits per heavy atom. The number of aromatic nitrogens is 2. The van der Waals surface area contributed by atoms with Crippen LogP contribution < -0.4 is 0 Å².